The van der Waals surface area contributed by atoms with Crippen molar-refractivity contribution in [2.45, 2.75) is 26.2 Å². The molecule has 0 saturated heterocycles. The van der Waals surface area contributed by atoms with Gasteiger partial charge >= 0.3 is 5.97 Å². The summed E-state index contributed by atoms with van der Waals surface area (Å²) in [5.74, 6) is -0.366. The lowest BCUT2D eigenvalue weighted by molar-refractivity contribution is -0.143. The van der Waals surface area contributed by atoms with E-state index in [9.17, 15) is 9.18 Å². The number of benzene rings is 1. The quantitative estimate of drug-likeness (QED) is 0.568. The molecule has 0 fully saturated rings. The van der Waals surface area contributed by atoms with E-state index in [1.165, 1.54) is 6.07 Å². The highest BCUT2D eigenvalue weighted by atomic mass is 79.9. The average molecular weight is 319 g/mol. The Kier molecular flexibility index (Phi) is 6.72. The van der Waals surface area contributed by atoms with Crippen LogP contribution in [0.1, 0.15) is 26.2 Å². The SMILES string of the molecule is CCOC(=O)CCCCOc1cc(Br)ccc1F. The first-order valence-electron chi connectivity index (χ1n) is 5.87. The summed E-state index contributed by atoms with van der Waals surface area (Å²) in [5.41, 5.74) is 0. The molecular formula is C13H16BrFO3. The van der Waals surface area contributed by atoms with Gasteiger partial charge in [0.15, 0.2) is 11.6 Å². The van der Waals surface area contributed by atoms with E-state index in [4.69, 9.17) is 9.47 Å². The predicted molar refractivity (Wildman–Crippen MR) is 70.1 cm³/mol. The van der Waals surface area contributed by atoms with Crippen LogP contribution in [0.4, 0.5) is 4.39 Å². The third kappa shape index (κ3) is 5.49. The molecule has 1 rings (SSSR count). The van der Waals surface area contributed by atoms with Crippen LogP contribution in [0, 0.1) is 5.82 Å². The van der Waals surface area contributed by atoms with Crippen molar-refractivity contribution >= 4 is 21.9 Å². The van der Waals surface area contributed by atoms with Gasteiger partial charge in [-0.1, -0.05) is 15.9 Å². The minimum atomic E-state index is -0.386. The number of halogens is 2. The van der Waals surface area contributed by atoms with E-state index in [2.05, 4.69) is 15.9 Å². The third-order valence-electron chi connectivity index (χ3n) is 2.23. The van der Waals surface area contributed by atoms with Gasteiger partial charge in [0.2, 0.25) is 0 Å². The van der Waals surface area contributed by atoms with Gasteiger partial charge in [0.25, 0.3) is 0 Å². The van der Waals surface area contributed by atoms with E-state index in [-0.39, 0.29) is 17.5 Å². The lowest BCUT2D eigenvalue weighted by atomic mass is 10.2. The van der Waals surface area contributed by atoms with E-state index in [0.717, 1.165) is 4.47 Å². The van der Waals surface area contributed by atoms with Gasteiger partial charge in [0, 0.05) is 10.9 Å². The van der Waals surface area contributed by atoms with E-state index in [1.807, 2.05) is 0 Å². The summed E-state index contributed by atoms with van der Waals surface area (Å²) in [5, 5.41) is 0. The van der Waals surface area contributed by atoms with Gasteiger partial charge in [-0.25, -0.2) is 4.39 Å². The Morgan fingerprint density at radius 2 is 2.17 bits per heavy atom. The second-order valence-electron chi connectivity index (χ2n) is 3.69. The molecule has 5 heteroatoms. The Labute approximate surface area is 114 Å². The zero-order chi connectivity index (χ0) is 13.4. The van der Waals surface area contributed by atoms with Gasteiger partial charge in [-0.15, -0.1) is 0 Å². The smallest absolute Gasteiger partial charge is 0.305 e. The Bertz CT molecular complexity index is 396. The molecule has 0 aromatic heterocycles. The average Bonchev–Trinajstić information content (AvgIpc) is 2.33. The number of carbonyl (C=O) groups excluding carboxylic acids is 1. The standard InChI is InChI=1S/C13H16BrFO3/c1-2-17-13(16)5-3-4-8-18-12-9-10(14)6-7-11(12)15/h6-7,9H,2-5,8H2,1H3. The Hall–Kier alpha value is -1.10. The maximum absolute atomic E-state index is 13.3. The monoisotopic (exact) mass is 318 g/mol. The number of hydrogen-bond acceptors (Lipinski definition) is 3. The van der Waals surface area contributed by atoms with Crippen LogP contribution in [0.2, 0.25) is 0 Å². The molecule has 0 unspecified atom stereocenters. The fraction of sp³-hybridized carbons (Fsp3) is 0.462. The van der Waals surface area contributed by atoms with Crippen molar-refractivity contribution in [3.05, 3.63) is 28.5 Å². The molecule has 0 aliphatic carbocycles. The first-order valence-corrected chi connectivity index (χ1v) is 6.66. The summed E-state index contributed by atoms with van der Waals surface area (Å²) >= 11 is 3.25. The minimum Gasteiger partial charge on any atom is -0.490 e. The maximum Gasteiger partial charge on any atom is 0.305 e. The Morgan fingerprint density at radius 1 is 1.39 bits per heavy atom. The van der Waals surface area contributed by atoms with Gasteiger partial charge < -0.3 is 9.47 Å². The number of rotatable bonds is 7. The van der Waals surface area contributed by atoms with Gasteiger partial charge in [-0.3, -0.25) is 4.79 Å². The van der Waals surface area contributed by atoms with Crippen LogP contribution in [-0.2, 0) is 9.53 Å². The van der Waals surface area contributed by atoms with Crippen molar-refractivity contribution in [1.29, 1.82) is 0 Å². The summed E-state index contributed by atoms with van der Waals surface area (Å²) in [4.78, 5) is 11.0. The van der Waals surface area contributed by atoms with Crippen LogP contribution < -0.4 is 4.74 Å². The number of carbonyl (C=O) groups is 1. The summed E-state index contributed by atoms with van der Waals surface area (Å²) in [7, 11) is 0. The van der Waals surface area contributed by atoms with E-state index in [1.54, 1.807) is 19.1 Å². The molecule has 0 aliphatic rings. The molecule has 0 saturated carbocycles. The molecule has 0 bridgehead atoms. The molecule has 1 aromatic carbocycles. The molecule has 0 spiro atoms. The molecule has 0 N–H and O–H groups in total. The largest absolute Gasteiger partial charge is 0.490 e. The predicted octanol–water partition coefficient (Wildman–Crippen LogP) is 3.70. The summed E-state index contributed by atoms with van der Waals surface area (Å²) in [6, 6.07) is 4.54. The molecule has 100 valence electrons. The van der Waals surface area contributed by atoms with Crippen LogP contribution in [0.25, 0.3) is 0 Å². The zero-order valence-electron chi connectivity index (χ0n) is 10.2. The highest BCUT2D eigenvalue weighted by molar-refractivity contribution is 9.10. The zero-order valence-corrected chi connectivity index (χ0v) is 11.8. The number of esters is 1. The number of ether oxygens (including phenoxy) is 2. The Balaban J connectivity index is 2.21. The molecule has 0 atom stereocenters. The van der Waals surface area contributed by atoms with Crippen molar-refractivity contribution in [1.82, 2.24) is 0 Å². The van der Waals surface area contributed by atoms with Crippen molar-refractivity contribution in [2.75, 3.05) is 13.2 Å². The third-order valence-corrected chi connectivity index (χ3v) is 2.72. The lowest BCUT2D eigenvalue weighted by Crippen LogP contribution is -2.05. The van der Waals surface area contributed by atoms with Gasteiger partial charge in [-0.05, 0) is 38.0 Å². The summed E-state index contributed by atoms with van der Waals surface area (Å²) in [6.07, 6.45) is 1.73. The van der Waals surface area contributed by atoms with Gasteiger partial charge in [-0.2, -0.15) is 0 Å². The summed E-state index contributed by atoms with van der Waals surface area (Å²) < 4.78 is 24.2. The first-order chi connectivity index (χ1) is 8.63. The van der Waals surface area contributed by atoms with E-state index < -0.39 is 0 Å². The van der Waals surface area contributed by atoms with Gasteiger partial charge in [0.05, 0.1) is 13.2 Å². The first kappa shape index (κ1) is 15.0. The molecule has 0 amide bonds. The molecule has 0 aliphatic heterocycles. The normalized spacial score (nSPS) is 10.2. The van der Waals surface area contributed by atoms with Crippen LogP contribution in [-0.4, -0.2) is 19.2 Å². The second-order valence-corrected chi connectivity index (χ2v) is 4.60. The summed E-state index contributed by atoms with van der Waals surface area (Å²) in [6.45, 7) is 2.56. The minimum absolute atomic E-state index is 0.203. The topological polar surface area (TPSA) is 35.5 Å². The van der Waals surface area contributed by atoms with Crippen molar-refractivity contribution < 1.29 is 18.7 Å². The molecule has 3 nitrogen and oxygen atoms in total. The molecule has 1 aromatic rings. The van der Waals surface area contributed by atoms with Crippen LogP contribution in [0.3, 0.4) is 0 Å². The highest BCUT2D eigenvalue weighted by Crippen LogP contribution is 2.22. The van der Waals surface area contributed by atoms with Crippen molar-refractivity contribution in [2.24, 2.45) is 0 Å². The fourth-order valence-electron chi connectivity index (χ4n) is 1.37. The Morgan fingerprint density at radius 3 is 2.89 bits per heavy atom. The molecule has 0 heterocycles. The van der Waals surface area contributed by atoms with Crippen LogP contribution in [0.5, 0.6) is 5.75 Å². The molecule has 0 radical (unpaired) electrons. The fourth-order valence-corrected chi connectivity index (χ4v) is 1.71. The van der Waals surface area contributed by atoms with Gasteiger partial charge in [0.1, 0.15) is 0 Å². The van der Waals surface area contributed by atoms with E-state index in [0.29, 0.717) is 32.5 Å². The van der Waals surface area contributed by atoms with Crippen molar-refractivity contribution in [3.63, 3.8) is 0 Å². The van der Waals surface area contributed by atoms with Crippen LogP contribution in [0.15, 0.2) is 22.7 Å². The van der Waals surface area contributed by atoms with Crippen LogP contribution >= 0.6 is 15.9 Å². The lowest BCUT2D eigenvalue weighted by Gasteiger charge is -2.07. The number of hydrogen-bond donors (Lipinski definition) is 0. The second kappa shape index (κ2) is 8.08. The number of unbranched alkanes of at least 4 members (excludes halogenated alkanes) is 1. The maximum atomic E-state index is 13.3. The van der Waals surface area contributed by atoms with E-state index >= 15 is 0 Å². The molecular weight excluding hydrogens is 303 g/mol. The van der Waals surface area contributed by atoms with Crippen molar-refractivity contribution in [3.8, 4) is 5.75 Å². The highest BCUT2D eigenvalue weighted by Gasteiger charge is 2.04. The molecule has 18 heavy (non-hydrogen) atoms.